The van der Waals surface area contributed by atoms with E-state index in [9.17, 15) is 0 Å². The van der Waals surface area contributed by atoms with Gasteiger partial charge in [-0.1, -0.05) is 36.4 Å². The van der Waals surface area contributed by atoms with Gasteiger partial charge in [0, 0.05) is 13.0 Å². The normalized spacial score (nSPS) is 22.4. The fourth-order valence-electron chi connectivity index (χ4n) is 3.04. The van der Waals surface area contributed by atoms with E-state index in [1.165, 1.54) is 0 Å². The van der Waals surface area contributed by atoms with Crippen molar-refractivity contribution in [3.05, 3.63) is 65.7 Å². The quantitative estimate of drug-likeness (QED) is 0.941. The highest BCUT2D eigenvalue weighted by Gasteiger charge is 2.36. The minimum absolute atomic E-state index is 0.176. The zero-order valence-corrected chi connectivity index (χ0v) is 12.4. The first kappa shape index (κ1) is 13.4. The lowest BCUT2D eigenvalue weighted by molar-refractivity contribution is 0.138. The maximum absolute atomic E-state index is 6.24. The third-order valence-electron chi connectivity index (χ3n) is 4.28. The second kappa shape index (κ2) is 5.50. The van der Waals surface area contributed by atoms with Crippen molar-refractivity contribution in [3.63, 3.8) is 0 Å². The second-order valence-corrected chi connectivity index (χ2v) is 5.87. The molecule has 0 amide bonds. The highest BCUT2D eigenvalue weighted by Crippen LogP contribution is 2.39. The van der Waals surface area contributed by atoms with Gasteiger partial charge in [0.1, 0.15) is 23.7 Å². The van der Waals surface area contributed by atoms with E-state index in [0.717, 1.165) is 42.1 Å². The third-order valence-corrected chi connectivity index (χ3v) is 4.28. The first-order valence-corrected chi connectivity index (χ1v) is 7.73. The molecule has 4 rings (SSSR count). The molecule has 0 bridgehead atoms. The van der Waals surface area contributed by atoms with Crippen LogP contribution in [0.2, 0.25) is 0 Å². The van der Waals surface area contributed by atoms with Crippen LogP contribution < -0.4 is 14.8 Å². The van der Waals surface area contributed by atoms with Crippen molar-refractivity contribution < 1.29 is 9.47 Å². The lowest BCUT2D eigenvalue weighted by atomic mass is 9.97. The van der Waals surface area contributed by atoms with Gasteiger partial charge in [-0.2, -0.15) is 0 Å². The molecule has 2 aromatic carbocycles. The Labute approximate surface area is 130 Å². The molecule has 2 aliphatic rings. The first-order valence-electron chi connectivity index (χ1n) is 7.73. The molecule has 112 valence electrons. The van der Waals surface area contributed by atoms with Gasteiger partial charge in [0.2, 0.25) is 0 Å². The number of rotatable bonds is 3. The first-order chi connectivity index (χ1) is 10.8. The minimum atomic E-state index is -0.176. The molecule has 3 nitrogen and oxygen atoms in total. The zero-order chi connectivity index (χ0) is 14.8. The zero-order valence-electron chi connectivity index (χ0n) is 12.4. The summed E-state index contributed by atoms with van der Waals surface area (Å²) in [5.74, 6) is 1.79. The van der Waals surface area contributed by atoms with E-state index in [1.807, 2.05) is 36.4 Å². The Morgan fingerprint density at radius 1 is 1.09 bits per heavy atom. The van der Waals surface area contributed by atoms with Crippen LogP contribution in [0.25, 0.3) is 6.08 Å². The summed E-state index contributed by atoms with van der Waals surface area (Å²) in [5.41, 5.74) is 2.03. The molecule has 0 aliphatic carbocycles. The molecule has 0 saturated carbocycles. The Hall–Kier alpha value is -2.26. The summed E-state index contributed by atoms with van der Waals surface area (Å²) < 4.78 is 12.2. The van der Waals surface area contributed by atoms with Crippen molar-refractivity contribution in [3.8, 4) is 11.5 Å². The van der Waals surface area contributed by atoms with Gasteiger partial charge >= 0.3 is 0 Å². The van der Waals surface area contributed by atoms with Gasteiger partial charge in [-0.15, -0.1) is 0 Å². The van der Waals surface area contributed by atoms with Crippen LogP contribution in [0.1, 0.15) is 17.5 Å². The number of ether oxygens (including phenoxy) is 2. The number of fused-ring (bicyclic) bond motifs is 1. The molecule has 0 radical (unpaired) electrons. The third kappa shape index (κ3) is 2.48. The Balaban J connectivity index is 1.56. The van der Waals surface area contributed by atoms with Crippen molar-refractivity contribution >= 4 is 6.08 Å². The minimum Gasteiger partial charge on any atom is -0.488 e. The molecule has 0 unspecified atom stereocenters. The van der Waals surface area contributed by atoms with Crippen molar-refractivity contribution in [1.82, 2.24) is 5.32 Å². The molecule has 3 heteroatoms. The molecular weight excluding hydrogens is 274 g/mol. The van der Waals surface area contributed by atoms with Crippen molar-refractivity contribution in [2.45, 2.75) is 18.6 Å². The Kier molecular flexibility index (Phi) is 3.35. The lowest BCUT2D eigenvalue weighted by Gasteiger charge is -2.31. The largest absolute Gasteiger partial charge is 0.488 e. The molecule has 1 spiro atoms. The molecule has 1 saturated heterocycles. The van der Waals surface area contributed by atoms with Crippen LogP contribution in [-0.4, -0.2) is 18.7 Å². The smallest absolute Gasteiger partial charge is 0.141 e. The molecule has 1 N–H and O–H groups in total. The Bertz CT molecular complexity index is 688. The fourth-order valence-corrected chi connectivity index (χ4v) is 3.04. The Morgan fingerprint density at radius 3 is 2.82 bits per heavy atom. The van der Waals surface area contributed by atoms with Gasteiger partial charge in [-0.05, 0) is 36.4 Å². The van der Waals surface area contributed by atoms with E-state index in [-0.39, 0.29) is 5.60 Å². The van der Waals surface area contributed by atoms with Gasteiger partial charge in [-0.25, -0.2) is 0 Å². The van der Waals surface area contributed by atoms with Crippen molar-refractivity contribution in [1.29, 1.82) is 0 Å². The van der Waals surface area contributed by atoms with E-state index < -0.39 is 0 Å². The fraction of sp³-hybridized carbons (Fsp3) is 0.263. The maximum atomic E-state index is 6.24. The van der Waals surface area contributed by atoms with Crippen LogP contribution in [0.15, 0.2) is 54.6 Å². The van der Waals surface area contributed by atoms with Gasteiger partial charge in [0.15, 0.2) is 0 Å². The summed E-state index contributed by atoms with van der Waals surface area (Å²) in [6.45, 7) is 2.44. The monoisotopic (exact) mass is 293 g/mol. The maximum Gasteiger partial charge on any atom is 0.141 e. The van der Waals surface area contributed by atoms with Gasteiger partial charge in [0.05, 0.1) is 5.56 Å². The molecule has 0 aromatic heterocycles. The van der Waals surface area contributed by atoms with Gasteiger partial charge in [-0.3, -0.25) is 0 Å². The topological polar surface area (TPSA) is 30.5 Å². The van der Waals surface area contributed by atoms with E-state index >= 15 is 0 Å². The highest BCUT2D eigenvalue weighted by molar-refractivity contribution is 5.67. The summed E-state index contributed by atoms with van der Waals surface area (Å²) in [6, 6.07) is 16.2. The molecule has 22 heavy (non-hydrogen) atoms. The molecular formula is C19H19NO2. The SMILES string of the molecule is C1=C[C@]2(CCNC2)Oc2cccc(OCc3ccccc3)c21. The number of hydrogen-bond acceptors (Lipinski definition) is 3. The number of nitrogens with one attached hydrogen (secondary N) is 1. The summed E-state index contributed by atoms with van der Waals surface area (Å²) in [5, 5.41) is 3.37. The van der Waals surface area contributed by atoms with E-state index in [1.54, 1.807) is 0 Å². The molecule has 1 atom stereocenters. The summed E-state index contributed by atoms with van der Waals surface area (Å²) in [7, 11) is 0. The lowest BCUT2D eigenvalue weighted by Crippen LogP contribution is -2.37. The average Bonchev–Trinajstić information content (AvgIpc) is 3.01. The highest BCUT2D eigenvalue weighted by atomic mass is 16.5. The predicted octanol–water partition coefficient (Wildman–Crippen LogP) is 3.40. The van der Waals surface area contributed by atoms with E-state index in [2.05, 4.69) is 29.6 Å². The van der Waals surface area contributed by atoms with Gasteiger partial charge in [0.25, 0.3) is 0 Å². The second-order valence-electron chi connectivity index (χ2n) is 5.87. The van der Waals surface area contributed by atoms with Crippen LogP contribution in [0.5, 0.6) is 11.5 Å². The van der Waals surface area contributed by atoms with Crippen LogP contribution in [0, 0.1) is 0 Å². The van der Waals surface area contributed by atoms with Crippen LogP contribution in [-0.2, 0) is 6.61 Å². The van der Waals surface area contributed by atoms with Crippen molar-refractivity contribution in [2.75, 3.05) is 13.1 Å². The molecule has 2 aliphatic heterocycles. The van der Waals surface area contributed by atoms with Crippen LogP contribution in [0.4, 0.5) is 0 Å². The van der Waals surface area contributed by atoms with Crippen LogP contribution >= 0.6 is 0 Å². The van der Waals surface area contributed by atoms with Gasteiger partial charge < -0.3 is 14.8 Å². The summed E-state index contributed by atoms with van der Waals surface area (Å²) in [6.07, 6.45) is 5.33. The summed E-state index contributed by atoms with van der Waals surface area (Å²) in [4.78, 5) is 0. The number of benzene rings is 2. The molecule has 2 aromatic rings. The summed E-state index contributed by atoms with van der Waals surface area (Å²) >= 11 is 0. The van der Waals surface area contributed by atoms with Crippen LogP contribution in [0.3, 0.4) is 0 Å². The molecule has 1 fully saturated rings. The van der Waals surface area contributed by atoms with E-state index in [0.29, 0.717) is 6.61 Å². The van der Waals surface area contributed by atoms with E-state index in [4.69, 9.17) is 9.47 Å². The molecule has 2 heterocycles. The standard InChI is InChI=1S/C19H19NO2/c1-2-5-15(6-3-1)13-21-17-7-4-8-18-16(17)9-10-19(22-18)11-12-20-14-19/h1-10,20H,11-14H2/t19-/m1/s1. The predicted molar refractivity (Wildman–Crippen MR) is 87.1 cm³/mol. The van der Waals surface area contributed by atoms with Crippen molar-refractivity contribution in [2.24, 2.45) is 0 Å². The number of hydrogen-bond donors (Lipinski definition) is 1. The Morgan fingerprint density at radius 2 is 2.00 bits per heavy atom. The average molecular weight is 293 g/mol.